The number of benzene rings is 2. The second kappa shape index (κ2) is 7.44. The maximum absolute atomic E-state index is 13.2. The minimum absolute atomic E-state index is 0.168. The maximum Gasteiger partial charge on any atom is 0.340 e. The molecule has 0 bridgehead atoms. The van der Waals surface area contributed by atoms with Gasteiger partial charge in [-0.1, -0.05) is 37.3 Å². The third-order valence-corrected chi connectivity index (χ3v) is 4.25. The lowest BCUT2D eigenvalue weighted by Gasteiger charge is -2.13. The largest absolute Gasteiger partial charge is 0.454 e. The third-order valence-electron chi connectivity index (χ3n) is 4.25. The fraction of sp³-hybridized carbons (Fsp3) is 0.190. The number of hydrogen-bond donors (Lipinski definition) is 0. The van der Waals surface area contributed by atoms with Crippen molar-refractivity contribution in [2.24, 2.45) is 0 Å². The molecule has 2 aromatic carbocycles. The van der Waals surface area contributed by atoms with Gasteiger partial charge in [-0.2, -0.15) is 0 Å². The molecule has 5 heteroatoms. The number of aryl methyl sites for hydroxylation is 2. The number of para-hydroxylation sites is 1. The summed E-state index contributed by atoms with van der Waals surface area (Å²) in [7, 11) is 0. The van der Waals surface area contributed by atoms with Crippen LogP contribution in [-0.2, 0) is 11.2 Å². The molecule has 0 aliphatic heterocycles. The van der Waals surface area contributed by atoms with Crippen molar-refractivity contribution in [3.8, 4) is 0 Å². The van der Waals surface area contributed by atoms with Crippen LogP contribution in [-0.4, -0.2) is 23.3 Å². The monoisotopic (exact) mass is 351 g/mol. The standard InChI is InChI=1S/C21H18FNO3/c1-3-17-20(13(2)16-9-4-5-10-18(16)23-17)21(25)26-12-19(24)14-7-6-8-15(22)11-14/h4-11H,3,12H2,1-2H3. The van der Waals surface area contributed by atoms with Gasteiger partial charge in [0.05, 0.1) is 16.8 Å². The normalized spacial score (nSPS) is 10.7. The second-order valence-corrected chi connectivity index (χ2v) is 5.94. The molecule has 0 saturated carbocycles. The Morgan fingerprint density at radius 2 is 1.88 bits per heavy atom. The van der Waals surface area contributed by atoms with Crippen LogP contribution < -0.4 is 0 Å². The number of carbonyl (C=O) groups is 2. The molecule has 1 heterocycles. The number of ketones is 1. The van der Waals surface area contributed by atoms with Crippen LogP contribution in [0, 0.1) is 12.7 Å². The molecular weight excluding hydrogens is 333 g/mol. The maximum atomic E-state index is 13.2. The zero-order valence-corrected chi connectivity index (χ0v) is 14.6. The molecule has 1 aromatic heterocycles. The summed E-state index contributed by atoms with van der Waals surface area (Å²) in [4.78, 5) is 29.3. The highest BCUT2D eigenvalue weighted by Crippen LogP contribution is 2.24. The lowest BCUT2D eigenvalue weighted by atomic mass is 10.0. The predicted octanol–water partition coefficient (Wildman–Crippen LogP) is 4.28. The molecule has 3 rings (SSSR count). The number of rotatable bonds is 5. The Morgan fingerprint density at radius 3 is 2.62 bits per heavy atom. The molecule has 0 saturated heterocycles. The van der Waals surface area contributed by atoms with E-state index >= 15 is 0 Å². The van der Waals surface area contributed by atoms with Crippen molar-refractivity contribution in [1.29, 1.82) is 0 Å². The molecule has 4 nitrogen and oxygen atoms in total. The van der Waals surface area contributed by atoms with E-state index < -0.39 is 24.2 Å². The highest BCUT2D eigenvalue weighted by Gasteiger charge is 2.20. The van der Waals surface area contributed by atoms with Crippen molar-refractivity contribution in [3.63, 3.8) is 0 Å². The minimum Gasteiger partial charge on any atom is -0.454 e. The summed E-state index contributed by atoms with van der Waals surface area (Å²) in [6, 6.07) is 12.9. The van der Waals surface area contributed by atoms with Crippen LogP contribution in [0.2, 0.25) is 0 Å². The fourth-order valence-corrected chi connectivity index (χ4v) is 2.92. The zero-order chi connectivity index (χ0) is 18.7. The molecular formula is C21H18FNO3. The Balaban J connectivity index is 1.85. The van der Waals surface area contributed by atoms with Gasteiger partial charge in [0.15, 0.2) is 12.4 Å². The van der Waals surface area contributed by atoms with Gasteiger partial charge < -0.3 is 4.74 Å². The topological polar surface area (TPSA) is 56.3 Å². The van der Waals surface area contributed by atoms with Crippen molar-refractivity contribution in [3.05, 3.63) is 76.7 Å². The third kappa shape index (κ3) is 3.47. The number of nitrogens with zero attached hydrogens (tertiary/aromatic N) is 1. The van der Waals surface area contributed by atoms with Crippen LogP contribution >= 0.6 is 0 Å². The van der Waals surface area contributed by atoms with Crippen LogP contribution in [0.15, 0.2) is 48.5 Å². The number of fused-ring (bicyclic) bond motifs is 1. The van der Waals surface area contributed by atoms with E-state index in [0.29, 0.717) is 17.7 Å². The summed E-state index contributed by atoms with van der Waals surface area (Å²) in [5.41, 5.74) is 2.77. The van der Waals surface area contributed by atoms with Crippen molar-refractivity contribution >= 4 is 22.7 Å². The van der Waals surface area contributed by atoms with Crippen molar-refractivity contribution < 1.29 is 18.7 Å². The van der Waals surface area contributed by atoms with Gasteiger partial charge in [-0.25, -0.2) is 9.18 Å². The Kier molecular flexibility index (Phi) is 5.07. The number of halogens is 1. The van der Waals surface area contributed by atoms with Crippen LogP contribution in [0.25, 0.3) is 10.9 Å². The average Bonchev–Trinajstić information content (AvgIpc) is 2.65. The molecule has 0 radical (unpaired) electrons. The van der Waals surface area contributed by atoms with E-state index in [1.165, 1.54) is 18.2 Å². The van der Waals surface area contributed by atoms with Gasteiger partial charge in [0.2, 0.25) is 0 Å². The Labute approximate surface area is 150 Å². The molecule has 0 N–H and O–H groups in total. The van der Waals surface area contributed by atoms with E-state index in [-0.39, 0.29) is 5.56 Å². The first-order valence-corrected chi connectivity index (χ1v) is 8.35. The Morgan fingerprint density at radius 1 is 1.12 bits per heavy atom. The van der Waals surface area contributed by atoms with Crippen molar-refractivity contribution in [1.82, 2.24) is 4.98 Å². The number of ether oxygens (including phenoxy) is 1. The Bertz CT molecular complexity index is 998. The zero-order valence-electron chi connectivity index (χ0n) is 14.6. The number of Topliss-reactive ketones (excluding diaryl/α,β-unsaturated/α-hetero) is 1. The van der Waals surface area contributed by atoms with Gasteiger partial charge in [-0.3, -0.25) is 9.78 Å². The molecule has 0 aliphatic rings. The minimum atomic E-state index is -0.595. The highest BCUT2D eigenvalue weighted by atomic mass is 19.1. The smallest absolute Gasteiger partial charge is 0.340 e. The summed E-state index contributed by atoms with van der Waals surface area (Å²) in [5.74, 6) is -1.56. The number of pyridine rings is 1. The molecule has 0 atom stereocenters. The molecule has 0 unspecified atom stereocenters. The number of hydrogen-bond acceptors (Lipinski definition) is 4. The van der Waals surface area contributed by atoms with Gasteiger partial charge in [0.25, 0.3) is 0 Å². The number of carbonyl (C=O) groups excluding carboxylic acids is 2. The first kappa shape index (κ1) is 17.7. The first-order chi connectivity index (χ1) is 12.5. The van der Waals surface area contributed by atoms with E-state index in [9.17, 15) is 14.0 Å². The fourth-order valence-electron chi connectivity index (χ4n) is 2.92. The van der Waals surface area contributed by atoms with Gasteiger partial charge in [0.1, 0.15) is 5.82 Å². The summed E-state index contributed by atoms with van der Waals surface area (Å²) in [6.45, 7) is 3.30. The number of aromatic nitrogens is 1. The second-order valence-electron chi connectivity index (χ2n) is 5.94. The summed E-state index contributed by atoms with van der Waals surface area (Å²) < 4.78 is 18.4. The summed E-state index contributed by atoms with van der Waals surface area (Å²) in [6.07, 6.45) is 0.563. The Hall–Kier alpha value is -3.08. The molecule has 0 fully saturated rings. The molecule has 0 amide bonds. The molecule has 3 aromatic rings. The molecule has 0 spiro atoms. The number of esters is 1. The van der Waals surface area contributed by atoms with Crippen LogP contribution in [0.4, 0.5) is 4.39 Å². The van der Waals surface area contributed by atoms with Crippen molar-refractivity contribution in [2.75, 3.05) is 6.61 Å². The van der Waals surface area contributed by atoms with E-state index in [1.54, 1.807) is 0 Å². The van der Waals surface area contributed by atoms with Crippen molar-refractivity contribution in [2.45, 2.75) is 20.3 Å². The first-order valence-electron chi connectivity index (χ1n) is 8.35. The molecule has 26 heavy (non-hydrogen) atoms. The van der Waals surface area contributed by atoms with Crippen LogP contribution in [0.5, 0.6) is 0 Å². The molecule has 132 valence electrons. The van der Waals surface area contributed by atoms with Crippen LogP contribution in [0.3, 0.4) is 0 Å². The van der Waals surface area contributed by atoms with E-state index in [2.05, 4.69) is 4.98 Å². The van der Waals surface area contributed by atoms with E-state index in [4.69, 9.17) is 4.74 Å². The SMILES string of the molecule is CCc1nc2ccccc2c(C)c1C(=O)OCC(=O)c1cccc(F)c1. The lowest BCUT2D eigenvalue weighted by Crippen LogP contribution is -2.17. The van der Waals surface area contributed by atoms with E-state index in [1.807, 2.05) is 38.1 Å². The summed E-state index contributed by atoms with van der Waals surface area (Å²) in [5, 5.41) is 0.869. The van der Waals surface area contributed by atoms with Gasteiger partial charge in [0, 0.05) is 10.9 Å². The highest BCUT2D eigenvalue weighted by molar-refractivity contribution is 6.01. The quantitative estimate of drug-likeness (QED) is 0.508. The van der Waals surface area contributed by atoms with Crippen LogP contribution in [0.1, 0.15) is 38.9 Å². The lowest BCUT2D eigenvalue weighted by molar-refractivity contribution is 0.0472. The predicted molar refractivity (Wildman–Crippen MR) is 96.9 cm³/mol. The average molecular weight is 351 g/mol. The summed E-state index contributed by atoms with van der Waals surface area (Å²) >= 11 is 0. The molecule has 0 aliphatic carbocycles. The van der Waals surface area contributed by atoms with E-state index in [0.717, 1.165) is 22.5 Å². The van der Waals surface area contributed by atoms with Gasteiger partial charge in [-0.05, 0) is 37.1 Å². The van der Waals surface area contributed by atoms with Gasteiger partial charge in [-0.15, -0.1) is 0 Å². The van der Waals surface area contributed by atoms with Gasteiger partial charge >= 0.3 is 5.97 Å².